The van der Waals surface area contributed by atoms with E-state index in [4.69, 9.17) is 16.4 Å². The van der Waals surface area contributed by atoms with E-state index in [1.807, 2.05) is 24.3 Å². The molecule has 5 N–H and O–H groups in total. The first kappa shape index (κ1) is 14.9. The first-order valence-corrected chi connectivity index (χ1v) is 6.89. The van der Waals surface area contributed by atoms with Gasteiger partial charge in [0.2, 0.25) is 0 Å². The summed E-state index contributed by atoms with van der Waals surface area (Å²) < 4.78 is 5.32. The van der Waals surface area contributed by atoms with E-state index in [1.165, 1.54) is 7.11 Å². The molecular weight excluding hydrogens is 296 g/mol. The molecule has 2 aromatic carbocycles. The summed E-state index contributed by atoms with van der Waals surface area (Å²) in [6.07, 6.45) is 0. The van der Waals surface area contributed by atoms with Crippen molar-refractivity contribution in [2.45, 2.75) is 6.04 Å². The second-order valence-electron chi connectivity index (χ2n) is 4.97. The first-order valence-electron chi connectivity index (χ1n) is 6.89. The Morgan fingerprint density at radius 2 is 2.04 bits per heavy atom. The Bertz CT molecular complexity index is 776. The van der Waals surface area contributed by atoms with E-state index < -0.39 is 0 Å². The van der Waals surface area contributed by atoms with Gasteiger partial charge in [-0.25, -0.2) is 16.4 Å². The molecule has 0 saturated carbocycles. The van der Waals surface area contributed by atoms with Gasteiger partial charge in [0, 0.05) is 5.56 Å². The molecule has 3 rings (SSSR count). The van der Waals surface area contributed by atoms with Crippen molar-refractivity contribution >= 4 is 11.6 Å². The molecule has 0 saturated heterocycles. The van der Waals surface area contributed by atoms with Crippen LogP contribution >= 0.6 is 0 Å². The van der Waals surface area contributed by atoms with Crippen LogP contribution in [0.3, 0.4) is 0 Å². The Balaban J connectivity index is 2.08. The lowest BCUT2D eigenvalue weighted by Gasteiger charge is -2.32. The summed E-state index contributed by atoms with van der Waals surface area (Å²) >= 11 is 0. The van der Waals surface area contributed by atoms with Gasteiger partial charge in [-0.3, -0.25) is 4.79 Å². The summed E-state index contributed by atoms with van der Waals surface area (Å²) in [7, 11) is 1.54. The molecule has 8 nitrogen and oxygen atoms in total. The number of carbonyl (C=O) groups is 1. The number of rotatable bonds is 3. The van der Waals surface area contributed by atoms with E-state index in [2.05, 4.69) is 15.8 Å². The van der Waals surface area contributed by atoms with Crippen LogP contribution in [0.25, 0.3) is 0 Å². The third kappa shape index (κ3) is 2.60. The van der Waals surface area contributed by atoms with E-state index in [9.17, 15) is 4.79 Å². The zero-order valence-electron chi connectivity index (χ0n) is 12.4. The van der Waals surface area contributed by atoms with Crippen LogP contribution < -0.4 is 21.8 Å². The molecule has 1 amide bonds. The molecule has 0 aliphatic carbocycles. The van der Waals surface area contributed by atoms with Crippen molar-refractivity contribution in [2.24, 2.45) is 22.0 Å². The molecule has 2 aromatic rings. The van der Waals surface area contributed by atoms with Gasteiger partial charge in [0.05, 0.1) is 13.2 Å². The van der Waals surface area contributed by atoms with Gasteiger partial charge in [-0.05, 0) is 29.3 Å². The van der Waals surface area contributed by atoms with Gasteiger partial charge in [-0.2, -0.15) is 0 Å². The van der Waals surface area contributed by atoms with Crippen molar-refractivity contribution in [1.82, 2.24) is 10.5 Å². The molecule has 1 atom stereocenters. The third-order valence-corrected chi connectivity index (χ3v) is 3.69. The normalized spacial score (nSPS) is 17.4. The zero-order chi connectivity index (χ0) is 16.4. The molecule has 0 spiro atoms. The highest BCUT2D eigenvalue weighted by molar-refractivity contribution is 5.96. The summed E-state index contributed by atoms with van der Waals surface area (Å²) in [5.74, 6) is 11.1. The van der Waals surface area contributed by atoms with Crippen LogP contribution in [-0.2, 0) is 0 Å². The molecule has 0 bridgehead atoms. The highest BCUT2D eigenvalue weighted by atomic mass is 16.5. The van der Waals surface area contributed by atoms with Crippen molar-refractivity contribution in [3.05, 3.63) is 59.2 Å². The number of carbonyl (C=O) groups excluding carboxylic acids is 1. The minimum absolute atomic E-state index is 0.280. The largest absolute Gasteiger partial charge is 0.494 e. The standard InChI is InChI=1S/C15H16N6O2/c1-23-13-8-9(6-7-12(13)18-20-16)14-10-4-2-3-5-11(10)15(22)21(17)19-14/h2-8,14,19H,17H2,1H3,(H2,16,18). The molecule has 0 fully saturated rings. The van der Waals surface area contributed by atoms with Crippen LogP contribution in [0.2, 0.25) is 0 Å². The topological polar surface area (TPSA) is 118 Å². The maximum Gasteiger partial charge on any atom is 0.282 e. The molecule has 1 aliphatic rings. The number of hydrogen-bond donors (Lipinski definition) is 3. The number of nitrogens with two attached hydrogens (primary N) is 2. The van der Waals surface area contributed by atoms with Gasteiger partial charge in [0.15, 0.2) is 0 Å². The minimum Gasteiger partial charge on any atom is -0.494 e. The van der Waals surface area contributed by atoms with E-state index in [1.54, 1.807) is 18.2 Å². The number of hydrazine groups is 2. The van der Waals surface area contributed by atoms with Crippen LogP contribution in [-0.4, -0.2) is 18.1 Å². The Kier molecular flexibility index (Phi) is 3.92. The third-order valence-electron chi connectivity index (χ3n) is 3.69. The van der Waals surface area contributed by atoms with Crippen molar-refractivity contribution in [2.75, 3.05) is 7.11 Å². The fourth-order valence-electron chi connectivity index (χ4n) is 2.61. The average molecular weight is 312 g/mol. The van der Waals surface area contributed by atoms with Gasteiger partial charge in [0.1, 0.15) is 11.4 Å². The van der Waals surface area contributed by atoms with Gasteiger partial charge in [-0.15, -0.1) is 5.11 Å². The second kappa shape index (κ2) is 6.03. The van der Waals surface area contributed by atoms with Crippen LogP contribution in [0.15, 0.2) is 52.8 Å². The number of amides is 1. The van der Waals surface area contributed by atoms with Crippen molar-refractivity contribution < 1.29 is 9.53 Å². The summed E-state index contributed by atoms with van der Waals surface area (Å²) in [5.41, 5.74) is 5.76. The number of benzene rings is 2. The molecule has 118 valence electrons. The van der Waals surface area contributed by atoms with Gasteiger partial charge < -0.3 is 10.6 Å². The molecule has 1 aliphatic heterocycles. The number of hydrogen-bond acceptors (Lipinski definition) is 6. The minimum atomic E-state index is -0.285. The maximum absolute atomic E-state index is 12.1. The molecule has 0 radical (unpaired) electrons. The smallest absolute Gasteiger partial charge is 0.282 e. The predicted molar refractivity (Wildman–Crippen MR) is 83.5 cm³/mol. The van der Waals surface area contributed by atoms with Gasteiger partial charge >= 0.3 is 0 Å². The van der Waals surface area contributed by atoms with Crippen molar-refractivity contribution in [3.63, 3.8) is 0 Å². The molecule has 1 unspecified atom stereocenters. The Labute approximate surface area is 132 Å². The fraction of sp³-hybridized carbons (Fsp3) is 0.133. The lowest BCUT2D eigenvalue weighted by molar-refractivity contribution is 0.0596. The van der Waals surface area contributed by atoms with Gasteiger partial charge in [0.25, 0.3) is 5.91 Å². The monoisotopic (exact) mass is 312 g/mol. The van der Waals surface area contributed by atoms with Crippen LogP contribution in [0.4, 0.5) is 5.69 Å². The second-order valence-corrected chi connectivity index (χ2v) is 4.97. The lowest BCUT2D eigenvalue weighted by Crippen LogP contribution is -2.53. The van der Waals surface area contributed by atoms with E-state index >= 15 is 0 Å². The number of ether oxygens (including phenoxy) is 1. The van der Waals surface area contributed by atoms with E-state index in [0.29, 0.717) is 17.0 Å². The van der Waals surface area contributed by atoms with Crippen LogP contribution in [0, 0.1) is 0 Å². The number of methoxy groups -OCH3 is 1. The van der Waals surface area contributed by atoms with E-state index in [0.717, 1.165) is 16.2 Å². The Morgan fingerprint density at radius 3 is 2.78 bits per heavy atom. The molecular formula is C15H16N6O2. The maximum atomic E-state index is 12.1. The Morgan fingerprint density at radius 1 is 1.26 bits per heavy atom. The quantitative estimate of drug-likeness (QED) is 0.344. The summed E-state index contributed by atoms with van der Waals surface area (Å²) in [6.45, 7) is 0. The van der Waals surface area contributed by atoms with Crippen molar-refractivity contribution in [3.8, 4) is 5.75 Å². The summed E-state index contributed by atoms with van der Waals surface area (Å²) in [6, 6.07) is 12.4. The molecule has 1 heterocycles. The first-order chi connectivity index (χ1) is 11.2. The highest BCUT2D eigenvalue weighted by Crippen LogP contribution is 2.35. The number of nitrogens with one attached hydrogen (secondary N) is 1. The molecule has 0 aromatic heterocycles. The number of nitrogens with zero attached hydrogens (tertiary/aromatic N) is 3. The SMILES string of the molecule is COc1cc(C2NN(N)C(=O)c3ccccc32)ccc1N=NN. The molecule has 23 heavy (non-hydrogen) atoms. The van der Waals surface area contributed by atoms with Crippen LogP contribution in [0.5, 0.6) is 5.75 Å². The fourth-order valence-corrected chi connectivity index (χ4v) is 2.61. The molecule has 8 heteroatoms. The Hall–Kier alpha value is -2.97. The zero-order valence-corrected chi connectivity index (χ0v) is 12.4. The lowest BCUT2D eigenvalue weighted by atomic mass is 9.92. The van der Waals surface area contributed by atoms with Gasteiger partial charge in [-0.1, -0.05) is 29.5 Å². The summed E-state index contributed by atoms with van der Waals surface area (Å²) in [4.78, 5) is 12.1. The highest BCUT2D eigenvalue weighted by Gasteiger charge is 2.30. The average Bonchev–Trinajstić information content (AvgIpc) is 2.59. The predicted octanol–water partition coefficient (Wildman–Crippen LogP) is 1.58. The van der Waals surface area contributed by atoms with E-state index in [-0.39, 0.29) is 11.9 Å². The van der Waals surface area contributed by atoms with Crippen LogP contribution in [0.1, 0.15) is 27.5 Å². The number of fused-ring (bicyclic) bond motifs is 1. The van der Waals surface area contributed by atoms with Crippen molar-refractivity contribution in [1.29, 1.82) is 0 Å². The summed E-state index contributed by atoms with van der Waals surface area (Å²) in [5, 5.41) is 8.07.